The summed E-state index contributed by atoms with van der Waals surface area (Å²) in [6, 6.07) is 4.79. The average molecular weight is 377 g/mol. The van der Waals surface area contributed by atoms with Crippen LogP contribution in [-0.4, -0.2) is 45.0 Å². The predicted molar refractivity (Wildman–Crippen MR) is 98.1 cm³/mol. The van der Waals surface area contributed by atoms with Crippen LogP contribution in [0.2, 0.25) is 0 Å². The van der Waals surface area contributed by atoms with Crippen LogP contribution in [0.5, 0.6) is 17.2 Å². The molecule has 0 radical (unpaired) electrons. The molecular weight excluding hydrogens is 351 g/mol. The number of fused-ring (bicyclic) bond motifs is 1. The summed E-state index contributed by atoms with van der Waals surface area (Å²) in [6.07, 6.45) is 4.01. The molecule has 1 atom stereocenters. The first kappa shape index (κ1) is 19.4. The zero-order valence-corrected chi connectivity index (χ0v) is 15.6. The van der Waals surface area contributed by atoms with Crippen LogP contribution in [0, 0.1) is 5.92 Å². The minimum absolute atomic E-state index is 0. The molecule has 7 heteroatoms. The Morgan fingerprint density at radius 1 is 1.17 bits per heavy atom. The van der Waals surface area contributed by atoms with E-state index in [9.17, 15) is 0 Å². The first-order chi connectivity index (χ1) is 10.9. The molecule has 1 aliphatic carbocycles. The first-order valence-electron chi connectivity index (χ1n) is 8.29. The smallest absolute Gasteiger partial charge is 0.231 e. The van der Waals surface area contributed by atoms with E-state index in [0.717, 1.165) is 49.3 Å². The Bertz CT molecular complexity index is 549. The molecule has 0 bridgehead atoms. The Kier molecular flexibility index (Phi) is 6.87. The third kappa shape index (κ3) is 3.54. The molecule has 0 spiro atoms. The van der Waals surface area contributed by atoms with Crippen LogP contribution < -0.4 is 19.5 Å². The number of nitrogens with one attached hydrogen (secondary N) is 1. The molecule has 1 aromatic carbocycles. The van der Waals surface area contributed by atoms with Crippen molar-refractivity contribution in [3.05, 3.63) is 17.7 Å². The van der Waals surface area contributed by atoms with Crippen LogP contribution in [0.3, 0.4) is 0 Å². The quantitative estimate of drug-likeness (QED) is 0.874. The topological polar surface area (TPSA) is 43.0 Å². The van der Waals surface area contributed by atoms with Crippen molar-refractivity contribution < 1.29 is 14.2 Å². The zero-order chi connectivity index (χ0) is 14.9. The Morgan fingerprint density at radius 2 is 1.92 bits per heavy atom. The van der Waals surface area contributed by atoms with Gasteiger partial charge in [0.2, 0.25) is 12.5 Å². The van der Waals surface area contributed by atoms with Crippen LogP contribution in [0.25, 0.3) is 0 Å². The molecule has 0 amide bonds. The van der Waals surface area contributed by atoms with E-state index in [4.69, 9.17) is 14.2 Å². The molecule has 0 unspecified atom stereocenters. The highest BCUT2D eigenvalue weighted by molar-refractivity contribution is 5.85. The fraction of sp³-hybridized carbons (Fsp3) is 0.647. The second-order valence-electron chi connectivity index (χ2n) is 6.38. The summed E-state index contributed by atoms with van der Waals surface area (Å²) < 4.78 is 16.7. The van der Waals surface area contributed by atoms with Crippen molar-refractivity contribution in [2.45, 2.75) is 25.3 Å². The number of hydrogen-bond donors (Lipinski definition) is 1. The summed E-state index contributed by atoms with van der Waals surface area (Å²) >= 11 is 0. The number of benzene rings is 1. The maximum Gasteiger partial charge on any atom is 0.231 e. The van der Waals surface area contributed by atoms with Gasteiger partial charge in [0.15, 0.2) is 11.5 Å². The van der Waals surface area contributed by atoms with Crippen molar-refractivity contribution in [1.29, 1.82) is 0 Å². The number of piperazine rings is 1. The lowest BCUT2D eigenvalue weighted by Crippen LogP contribution is -2.47. The van der Waals surface area contributed by atoms with E-state index in [1.54, 1.807) is 7.11 Å². The second kappa shape index (κ2) is 8.48. The maximum atomic E-state index is 5.62. The number of ether oxygens (including phenoxy) is 3. The van der Waals surface area contributed by atoms with Gasteiger partial charge in [0.1, 0.15) is 0 Å². The number of nitrogens with zero attached hydrogens (tertiary/aromatic N) is 1. The van der Waals surface area contributed by atoms with Crippen LogP contribution >= 0.6 is 24.8 Å². The van der Waals surface area contributed by atoms with Crippen LogP contribution in [0.4, 0.5) is 0 Å². The molecule has 136 valence electrons. The molecule has 2 fully saturated rings. The molecular formula is C17H26Cl2N2O3. The minimum atomic E-state index is 0. The number of methoxy groups -OCH3 is 1. The van der Waals surface area contributed by atoms with Gasteiger partial charge in [-0.3, -0.25) is 4.90 Å². The van der Waals surface area contributed by atoms with Crippen molar-refractivity contribution in [2.24, 2.45) is 5.92 Å². The highest BCUT2D eigenvalue weighted by atomic mass is 35.5. The van der Waals surface area contributed by atoms with Gasteiger partial charge in [-0.05, 0) is 36.5 Å². The standard InChI is InChI=1S/C17H24N2O3.2ClH/c1-20-14-9-13(10-15-17(14)22-11-21-15)16(12-3-2-4-12)19-7-5-18-6-8-19;;/h9-10,12,16,18H,2-8,11H2,1H3;2*1H/t16-;;/m1../s1. The van der Waals surface area contributed by atoms with Crippen molar-refractivity contribution in [1.82, 2.24) is 10.2 Å². The number of hydrogen-bond acceptors (Lipinski definition) is 5. The van der Waals surface area contributed by atoms with E-state index in [1.807, 2.05) is 0 Å². The highest BCUT2D eigenvalue weighted by Gasteiger charge is 2.35. The third-order valence-corrected chi connectivity index (χ3v) is 5.16. The lowest BCUT2D eigenvalue weighted by Gasteiger charge is -2.43. The summed E-state index contributed by atoms with van der Waals surface area (Å²) in [6.45, 7) is 4.66. The first-order valence-corrected chi connectivity index (χ1v) is 8.29. The monoisotopic (exact) mass is 376 g/mol. The molecule has 5 nitrogen and oxygen atoms in total. The molecule has 2 heterocycles. The van der Waals surface area contributed by atoms with Crippen molar-refractivity contribution in [3.63, 3.8) is 0 Å². The predicted octanol–water partition coefficient (Wildman–Crippen LogP) is 3.01. The van der Waals surface area contributed by atoms with E-state index >= 15 is 0 Å². The SMILES string of the molecule is COc1cc([C@@H](C2CCC2)N2CCNCC2)cc2c1OCO2.Cl.Cl. The summed E-state index contributed by atoms with van der Waals surface area (Å²) in [5, 5.41) is 3.45. The van der Waals surface area contributed by atoms with Crippen LogP contribution in [0.1, 0.15) is 30.9 Å². The van der Waals surface area contributed by atoms with Crippen molar-refractivity contribution >= 4 is 24.8 Å². The maximum absolute atomic E-state index is 5.62. The van der Waals surface area contributed by atoms with Gasteiger partial charge in [0, 0.05) is 32.2 Å². The van der Waals surface area contributed by atoms with Gasteiger partial charge >= 0.3 is 0 Å². The van der Waals surface area contributed by atoms with Crippen LogP contribution in [0.15, 0.2) is 12.1 Å². The zero-order valence-electron chi connectivity index (χ0n) is 14.0. The second-order valence-corrected chi connectivity index (χ2v) is 6.38. The lowest BCUT2D eigenvalue weighted by atomic mass is 9.76. The molecule has 2 aliphatic heterocycles. The van der Waals surface area contributed by atoms with E-state index in [1.165, 1.54) is 24.8 Å². The molecule has 1 N–H and O–H groups in total. The Labute approximate surface area is 155 Å². The molecule has 3 aliphatic rings. The number of halogens is 2. The molecule has 4 rings (SSSR count). The molecule has 1 saturated heterocycles. The lowest BCUT2D eigenvalue weighted by molar-refractivity contribution is 0.0834. The summed E-state index contributed by atoms with van der Waals surface area (Å²) in [5.74, 6) is 3.13. The average Bonchev–Trinajstić information content (AvgIpc) is 2.99. The Morgan fingerprint density at radius 3 is 2.54 bits per heavy atom. The molecule has 1 saturated carbocycles. The van der Waals surface area contributed by atoms with Crippen LogP contribution in [-0.2, 0) is 0 Å². The van der Waals surface area contributed by atoms with E-state index in [2.05, 4.69) is 22.3 Å². The van der Waals surface area contributed by atoms with Gasteiger partial charge in [0.05, 0.1) is 7.11 Å². The van der Waals surface area contributed by atoms with Crippen molar-refractivity contribution in [3.8, 4) is 17.2 Å². The third-order valence-electron chi connectivity index (χ3n) is 5.16. The normalized spacial score (nSPS) is 21.2. The minimum Gasteiger partial charge on any atom is -0.493 e. The molecule has 0 aromatic heterocycles. The van der Waals surface area contributed by atoms with E-state index in [-0.39, 0.29) is 31.6 Å². The van der Waals surface area contributed by atoms with E-state index in [0.29, 0.717) is 6.04 Å². The summed E-state index contributed by atoms with van der Waals surface area (Å²) in [7, 11) is 1.70. The highest BCUT2D eigenvalue weighted by Crippen LogP contribution is 2.47. The fourth-order valence-electron chi connectivity index (χ4n) is 3.82. The summed E-state index contributed by atoms with van der Waals surface area (Å²) in [5.41, 5.74) is 1.31. The van der Waals surface area contributed by atoms with Gasteiger partial charge in [-0.1, -0.05) is 6.42 Å². The largest absolute Gasteiger partial charge is 0.493 e. The molecule has 1 aromatic rings. The summed E-state index contributed by atoms with van der Waals surface area (Å²) in [4.78, 5) is 2.62. The van der Waals surface area contributed by atoms with Gasteiger partial charge < -0.3 is 19.5 Å². The van der Waals surface area contributed by atoms with Gasteiger partial charge in [0.25, 0.3) is 0 Å². The van der Waals surface area contributed by atoms with Crippen molar-refractivity contribution in [2.75, 3.05) is 40.1 Å². The number of rotatable bonds is 4. The van der Waals surface area contributed by atoms with Gasteiger partial charge in [-0.15, -0.1) is 24.8 Å². The fourth-order valence-corrected chi connectivity index (χ4v) is 3.82. The van der Waals surface area contributed by atoms with Gasteiger partial charge in [-0.2, -0.15) is 0 Å². The van der Waals surface area contributed by atoms with Gasteiger partial charge in [-0.25, -0.2) is 0 Å². The Hall–Kier alpha value is -0.880. The van der Waals surface area contributed by atoms with E-state index < -0.39 is 0 Å². The molecule has 24 heavy (non-hydrogen) atoms. The Balaban J connectivity index is 0.00000104.